The van der Waals surface area contributed by atoms with Crippen molar-refractivity contribution in [2.24, 2.45) is 7.05 Å². The van der Waals surface area contributed by atoms with Gasteiger partial charge in [0.05, 0.1) is 17.7 Å². The van der Waals surface area contributed by atoms with E-state index in [1.807, 2.05) is 24.5 Å². The lowest BCUT2D eigenvalue weighted by Crippen LogP contribution is -2.27. The van der Waals surface area contributed by atoms with E-state index in [0.717, 1.165) is 17.0 Å². The normalized spacial score (nSPS) is 10.7. The molecule has 0 unspecified atom stereocenters. The lowest BCUT2D eigenvalue weighted by molar-refractivity contribution is 0.0952. The number of amides is 1. The van der Waals surface area contributed by atoms with E-state index < -0.39 is 0 Å². The Morgan fingerprint density at radius 1 is 1.19 bits per heavy atom. The largest absolute Gasteiger partial charge is 0.350 e. The summed E-state index contributed by atoms with van der Waals surface area (Å²) in [5.74, 6) is -0.147. The van der Waals surface area contributed by atoms with Gasteiger partial charge >= 0.3 is 0 Å². The summed E-state index contributed by atoms with van der Waals surface area (Å²) in [6.07, 6.45) is 1.78. The van der Waals surface area contributed by atoms with Crippen molar-refractivity contribution in [3.8, 4) is 11.3 Å². The highest BCUT2D eigenvalue weighted by molar-refractivity contribution is 5.95. The molecule has 134 valence electrons. The van der Waals surface area contributed by atoms with E-state index in [1.165, 1.54) is 10.7 Å². The second-order valence-corrected chi connectivity index (χ2v) is 6.13. The van der Waals surface area contributed by atoms with Crippen molar-refractivity contribution in [3.05, 3.63) is 70.0 Å². The first-order chi connectivity index (χ1) is 12.5. The predicted molar refractivity (Wildman–Crippen MR) is 98.9 cm³/mol. The highest BCUT2D eigenvalue weighted by Crippen LogP contribution is 2.17. The second kappa shape index (κ2) is 7.35. The van der Waals surface area contributed by atoms with E-state index >= 15 is 0 Å². The van der Waals surface area contributed by atoms with E-state index in [4.69, 9.17) is 0 Å². The molecular weight excluding hydrogens is 330 g/mol. The minimum Gasteiger partial charge on any atom is -0.350 e. The Balaban J connectivity index is 1.69. The Labute approximate surface area is 151 Å². The molecule has 1 amide bonds. The van der Waals surface area contributed by atoms with Crippen LogP contribution in [0, 0.1) is 13.8 Å². The number of carbonyl (C=O) groups excluding carboxylic acids is 1. The summed E-state index contributed by atoms with van der Waals surface area (Å²) in [7, 11) is 1.60. The van der Waals surface area contributed by atoms with Crippen LogP contribution < -0.4 is 10.9 Å². The van der Waals surface area contributed by atoms with Gasteiger partial charge in [0.1, 0.15) is 0 Å². The summed E-state index contributed by atoms with van der Waals surface area (Å²) < 4.78 is 3.29. The van der Waals surface area contributed by atoms with E-state index in [1.54, 1.807) is 37.6 Å². The van der Waals surface area contributed by atoms with Gasteiger partial charge in [-0.05, 0) is 32.0 Å². The zero-order chi connectivity index (χ0) is 18.7. The van der Waals surface area contributed by atoms with Crippen LogP contribution in [0.1, 0.15) is 21.7 Å². The van der Waals surface area contributed by atoms with Crippen molar-refractivity contribution in [2.45, 2.75) is 20.4 Å². The van der Waals surface area contributed by atoms with Crippen LogP contribution in [0.5, 0.6) is 0 Å². The van der Waals surface area contributed by atoms with E-state index in [2.05, 4.69) is 15.4 Å². The highest BCUT2D eigenvalue weighted by Gasteiger charge is 2.09. The predicted octanol–water partition coefficient (Wildman–Crippen LogP) is 1.69. The Hall–Kier alpha value is -3.22. The fourth-order valence-corrected chi connectivity index (χ4v) is 2.64. The first kappa shape index (κ1) is 17.6. The summed E-state index contributed by atoms with van der Waals surface area (Å²) >= 11 is 0. The van der Waals surface area contributed by atoms with Crippen LogP contribution in [-0.4, -0.2) is 31.8 Å². The van der Waals surface area contributed by atoms with Crippen LogP contribution in [0.3, 0.4) is 0 Å². The van der Waals surface area contributed by atoms with Gasteiger partial charge in [-0.2, -0.15) is 5.10 Å². The number of rotatable bonds is 5. The lowest BCUT2D eigenvalue weighted by Gasteiger charge is -2.09. The van der Waals surface area contributed by atoms with Gasteiger partial charge in [-0.15, -0.1) is 0 Å². The van der Waals surface area contributed by atoms with Gasteiger partial charge < -0.3 is 9.88 Å². The van der Waals surface area contributed by atoms with E-state index in [0.29, 0.717) is 24.3 Å². The standard InChI is InChI=1S/C19H21N5O2/c1-13-14(2)24(12-21-13)10-9-20-19(26)16-6-4-5-15(11-16)17-7-8-18(25)23(3)22-17/h4-8,11-12H,9-10H2,1-3H3,(H,20,26). The molecule has 0 aliphatic rings. The monoisotopic (exact) mass is 351 g/mol. The molecule has 0 radical (unpaired) electrons. The maximum absolute atomic E-state index is 12.4. The Morgan fingerprint density at radius 2 is 2.00 bits per heavy atom. The SMILES string of the molecule is Cc1ncn(CCNC(=O)c2cccc(-c3ccc(=O)n(C)n3)c2)c1C. The Morgan fingerprint density at radius 3 is 2.69 bits per heavy atom. The molecule has 0 saturated heterocycles. The third kappa shape index (κ3) is 3.72. The molecule has 7 nitrogen and oxygen atoms in total. The zero-order valence-corrected chi connectivity index (χ0v) is 15.1. The number of aryl methyl sites for hydroxylation is 2. The van der Waals surface area contributed by atoms with Gasteiger partial charge in [-0.25, -0.2) is 9.67 Å². The van der Waals surface area contributed by atoms with E-state index in [-0.39, 0.29) is 11.5 Å². The molecule has 0 saturated carbocycles. The molecular formula is C19H21N5O2. The molecule has 0 aliphatic carbocycles. The molecule has 0 fully saturated rings. The molecule has 2 aromatic heterocycles. The summed E-state index contributed by atoms with van der Waals surface area (Å²) in [5, 5.41) is 7.14. The lowest BCUT2D eigenvalue weighted by atomic mass is 10.1. The summed E-state index contributed by atoms with van der Waals surface area (Å²) in [5.41, 5.74) is 3.90. The highest BCUT2D eigenvalue weighted by atomic mass is 16.1. The number of imidazole rings is 1. The first-order valence-electron chi connectivity index (χ1n) is 8.37. The third-order valence-corrected chi connectivity index (χ3v) is 4.36. The van der Waals surface area contributed by atoms with Crippen LogP contribution in [0.15, 0.2) is 47.5 Å². The van der Waals surface area contributed by atoms with Crippen LogP contribution >= 0.6 is 0 Å². The van der Waals surface area contributed by atoms with Gasteiger partial charge in [0.2, 0.25) is 0 Å². The fraction of sp³-hybridized carbons (Fsp3) is 0.263. The molecule has 2 heterocycles. The number of hydrogen-bond acceptors (Lipinski definition) is 4. The Kier molecular flexibility index (Phi) is 4.97. The first-order valence-corrected chi connectivity index (χ1v) is 8.37. The molecule has 3 aromatic rings. The molecule has 0 aliphatic heterocycles. The third-order valence-electron chi connectivity index (χ3n) is 4.36. The van der Waals surface area contributed by atoms with Crippen molar-refractivity contribution in [3.63, 3.8) is 0 Å². The summed E-state index contributed by atoms with van der Waals surface area (Å²) in [4.78, 5) is 28.1. The van der Waals surface area contributed by atoms with Gasteiger partial charge in [-0.1, -0.05) is 12.1 Å². The van der Waals surface area contributed by atoms with Gasteiger partial charge in [0, 0.05) is 43.0 Å². The fourth-order valence-electron chi connectivity index (χ4n) is 2.64. The minimum atomic E-state index is -0.173. The number of nitrogens with zero attached hydrogens (tertiary/aromatic N) is 4. The number of aromatic nitrogens is 4. The quantitative estimate of drug-likeness (QED) is 0.758. The van der Waals surface area contributed by atoms with Crippen molar-refractivity contribution in [2.75, 3.05) is 6.54 Å². The Bertz CT molecular complexity index is 1000. The second-order valence-electron chi connectivity index (χ2n) is 6.13. The molecule has 0 bridgehead atoms. The summed E-state index contributed by atoms with van der Waals surface area (Å²) in [6.45, 7) is 5.15. The molecule has 0 atom stereocenters. The number of benzene rings is 1. The zero-order valence-electron chi connectivity index (χ0n) is 15.1. The molecule has 3 rings (SSSR count). The molecule has 7 heteroatoms. The summed E-state index contributed by atoms with van der Waals surface area (Å²) in [6, 6.07) is 10.3. The van der Waals surface area contributed by atoms with Gasteiger partial charge in [-0.3, -0.25) is 9.59 Å². The van der Waals surface area contributed by atoms with Crippen molar-refractivity contribution < 1.29 is 4.79 Å². The average molecular weight is 351 g/mol. The average Bonchev–Trinajstić information content (AvgIpc) is 2.96. The topological polar surface area (TPSA) is 81.8 Å². The van der Waals surface area contributed by atoms with Crippen molar-refractivity contribution in [1.29, 1.82) is 0 Å². The number of hydrogen-bond donors (Lipinski definition) is 1. The number of nitrogens with one attached hydrogen (secondary N) is 1. The van der Waals surface area contributed by atoms with Crippen molar-refractivity contribution in [1.82, 2.24) is 24.6 Å². The van der Waals surface area contributed by atoms with Crippen LogP contribution in [-0.2, 0) is 13.6 Å². The maximum atomic E-state index is 12.4. The molecule has 1 N–H and O–H groups in total. The number of carbonyl (C=O) groups is 1. The van der Waals surface area contributed by atoms with Crippen LogP contribution in [0.4, 0.5) is 0 Å². The van der Waals surface area contributed by atoms with Crippen LogP contribution in [0.2, 0.25) is 0 Å². The molecule has 0 spiro atoms. The maximum Gasteiger partial charge on any atom is 0.266 e. The molecule has 26 heavy (non-hydrogen) atoms. The minimum absolute atomic E-state index is 0.147. The molecule has 1 aromatic carbocycles. The van der Waals surface area contributed by atoms with E-state index in [9.17, 15) is 9.59 Å². The smallest absolute Gasteiger partial charge is 0.266 e. The van der Waals surface area contributed by atoms with Crippen LogP contribution in [0.25, 0.3) is 11.3 Å². The van der Waals surface area contributed by atoms with Crippen molar-refractivity contribution >= 4 is 5.91 Å². The van der Waals surface area contributed by atoms with Gasteiger partial charge in [0.25, 0.3) is 11.5 Å². The van der Waals surface area contributed by atoms with Gasteiger partial charge in [0.15, 0.2) is 0 Å².